The van der Waals surface area contributed by atoms with Gasteiger partial charge in [0.15, 0.2) is 0 Å². The van der Waals surface area contributed by atoms with Crippen molar-refractivity contribution in [3.05, 3.63) is 65.2 Å². The fraction of sp³-hybridized carbons (Fsp3) is 0.480. The highest BCUT2D eigenvalue weighted by atomic mass is 32.2. The Morgan fingerprint density at radius 3 is 2.18 bits per heavy atom. The summed E-state index contributed by atoms with van der Waals surface area (Å²) in [7, 11) is -3.72. The van der Waals surface area contributed by atoms with Gasteiger partial charge in [-0.1, -0.05) is 36.4 Å². The molecule has 0 atom stereocenters. The molecule has 0 radical (unpaired) electrons. The first kappa shape index (κ1) is 23.9. The first-order chi connectivity index (χ1) is 15.9. The van der Waals surface area contributed by atoms with E-state index in [9.17, 15) is 13.2 Å². The van der Waals surface area contributed by atoms with Crippen molar-refractivity contribution in [1.29, 1.82) is 0 Å². The summed E-state index contributed by atoms with van der Waals surface area (Å²) in [4.78, 5) is 20.1. The van der Waals surface area contributed by atoms with Gasteiger partial charge in [-0.3, -0.25) is 9.69 Å². The van der Waals surface area contributed by atoms with Gasteiger partial charge in [-0.15, -0.1) is 0 Å². The molecule has 0 bridgehead atoms. The fourth-order valence-corrected chi connectivity index (χ4v) is 5.53. The molecule has 2 heterocycles. The average molecular weight is 471 g/mol. The van der Waals surface area contributed by atoms with E-state index in [4.69, 9.17) is 0 Å². The predicted molar refractivity (Wildman–Crippen MR) is 130 cm³/mol. The van der Waals surface area contributed by atoms with E-state index in [1.807, 2.05) is 42.2 Å². The summed E-state index contributed by atoms with van der Waals surface area (Å²) in [5, 5.41) is 0. The topological polar surface area (TPSA) is 73.0 Å². The highest BCUT2D eigenvalue weighted by Crippen LogP contribution is 2.19. The van der Waals surface area contributed by atoms with Crippen molar-refractivity contribution >= 4 is 15.9 Å². The monoisotopic (exact) mass is 470 g/mol. The van der Waals surface area contributed by atoms with Crippen LogP contribution in [0.25, 0.3) is 0 Å². The third kappa shape index (κ3) is 6.20. The number of hydrogen-bond acceptors (Lipinski definition) is 5. The molecule has 7 nitrogen and oxygen atoms in total. The van der Waals surface area contributed by atoms with Crippen molar-refractivity contribution in [3.8, 4) is 0 Å². The highest BCUT2D eigenvalue weighted by Gasteiger charge is 2.25. The van der Waals surface area contributed by atoms with Crippen molar-refractivity contribution < 1.29 is 13.2 Å². The molecule has 2 aromatic carbocycles. The molecule has 0 saturated carbocycles. The number of carbonyl (C=O) groups is 1. The van der Waals surface area contributed by atoms with Crippen LogP contribution in [0.1, 0.15) is 34.3 Å². The van der Waals surface area contributed by atoms with Crippen molar-refractivity contribution in [1.82, 2.24) is 19.4 Å². The third-order valence-electron chi connectivity index (χ3n) is 6.65. The molecule has 4 rings (SSSR count). The van der Waals surface area contributed by atoms with Crippen LogP contribution in [0.15, 0.2) is 53.4 Å². The Kier molecular flexibility index (Phi) is 7.80. The lowest BCUT2D eigenvalue weighted by Gasteiger charge is -2.35. The summed E-state index contributed by atoms with van der Waals surface area (Å²) in [6.45, 7) is 9.67. The van der Waals surface area contributed by atoms with Gasteiger partial charge in [0.05, 0.1) is 4.90 Å². The number of carbonyl (C=O) groups excluding carboxylic acids is 1. The summed E-state index contributed by atoms with van der Waals surface area (Å²) in [6.07, 6.45) is 2.61. The standard InChI is InChI=1S/C25H34N4O3S/c1-21-9-10-23(33(31,32)26-20-22-7-3-2-4-8-22)19-24(21)25(30)29-17-15-28(16-18-29)14-13-27-11-5-6-12-27/h2-4,7-10,19,26H,5-6,11-18,20H2,1H3. The van der Waals surface area contributed by atoms with Gasteiger partial charge < -0.3 is 9.80 Å². The molecular weight excluding hydrogens is 436 g/mol. The minimum Gasteiger partial charge on any atom is -0.336 e. The van der Waals surface area contributed by atoms with Gasteiger partial charge in [-0.2, -0.15) is 0 Å². The molecule has 1 N–H and O–H groups in total. The Balaban J connectivity index is 1.36. The number of nitrogens with zero attached hydrogens (tertiary/aromatic N) is 3. The molecule has 0 aliphatic carbocycles. The first-order valence-corrected chi connectivity index (χ1v) is 13.3. The molecule has 0 aromatic heterocycles. The van der Waals surface area contributed by atoms with Crippen LogP contribution in [0.4, 0.5) is 0 Å². The van der Waals surface area contributed by atoms with Gasteiger partial charge in [0.2, 0.25) is 10.0 Å². The molecule has 0 unspecified atom stereocenters. The molecule has 178 valence electrons. The quantitative estimate of drug-likeness (QED) is 0.641. The second-order valence-electron chi connectivity index (χ2n) is 8.97. The first-order valence-electron chi connectivity index (χ1n) is 11.8. The van der Waals surface area contributed by atoms with E-state index in [1.54, 1.807) is 12.1 Å². The van der Waals surface area contributed by atoms with E-state index < -0.39 is 10.0 Å². The lowest BCUT2D eigenvalue weighted by Crippen LogP contribution is -2.50. The Labute approximate surface area is 197 Å². The number of likely N-dealkylation sites (tertiary alicyclic amines) is 1. The second-order valence-corrected chi connectivity index (χ2v) is 10.7. The second kappa shape index (κ2) is 10.8. The molecule has 8 heteroatoms. The van der Waals surface area contributed by atoms with Crippen molar-refractivity contribution in [2.75, 3.05) is 52.4 Å². The molecule has 2 saturated heterocycles. The van der Waals surface area contributed by atoms with Gasteiger partial charge in [0.25, 0.3) is 5.91 Å². The van der Waals surface area contributed by atoms with Crippen LogP contribution in [-0.2, 0) is 16.6 Å². The van der Waals surface area contributed by atoms with E-state index in [-0.39, 0.29) is 17.3 Å². The van der Waals surface area contributed by atoms with E-state index in [0.29, 0.717) is 18.7 Å². The summed E-state index contributed by atoms with van der Waals surface area (Å²) >= 11 is 0. The van der Waals surface area contributed by atoms with E-state index in [2.05, 4.69) is 14.5 Å². The van der Waals surface area contributed by atoms with Gasteiger partial charge >= 0.3 is 0 Å². The van der Waals surface area contributed by atoms with E-state index in [1.165, 1.54) is 32.0 Å². The van der Waals surface area contributed by atoms with Crippen LogP contribution < -0.4 is 4.72 Å². The number of hydrogen-bond donors (Lipinski definition) is 1. The number of nitrogens with one attached hydrogen (secondary N) is 1. The van der Waals surface area contributed by atoms with Gasteiger partial charge in [0.1, 0.15) is 0 Å². The molecule has 1 amide bonds. The van der Waals surface area contributed by atoms with Crippen molar-refractivity contribution in [2.24, 2.45) is 0 Å². The maximum absolute atomic E-state index is 13.2. The van der Waals surface area contributed by atoms with Crippen LogP contribution in [0.5, 0.6) is 0 Å². The van der Waals surface area contributed by atoms with Gasteiger partial charge in [-0.05, 0) is 56.1 Å². The Hall–Kier alpha value is -2.26. The molecule has 2 aromatic rings. The summed E-state index contributed by atoms with van der Waals surface area (Å²) < 4.78 is 28.3. The summed E-state index contributed by atoms with van der Waals surface area (Å²) in [6, 6.07) is 14.2. The predicted octanol–water partition coefficient (Wildman–Crippen LogP) is 2.33. The number of piperazine rings is 1. The summed E-state index contributed by atoms with van der Waals surface area (Å²) in [5.74, 6) is -0.0909. The maximum atomic E-state index is 13.2. The largest absolute Gasteiger partial charge is 0.336 e. The van der Waals surface area contributed by atoms with Crippen molar-refractivity contribution in [2.45, 2.75) is 31.2 Å². The van der Waals surface area contributed by atoms with Gasteiger partial charge in [0, 0.05) is 51.4 Å². The molecule has 0 spiro atoms. The number of benzene rings is 2. The van der Waals surface area contributed by atoms with Crippen LogP contribution in [0.2, 0.25) is 0 Å². The van der Waals surface area contributed by atoms with Crippen LogP contribution in [-0.4, -0.2) is 81.4 Å². The molecule has 2 aliphatic rings. The zero-order valence-electron chi connectivity index (χ0n) is 19.4. The van der Waals surface area contributed by atoms with E-state index >= 15 is 0 Å². The SMILES string of the molecule is Cc1ccc(S(=O)(=O)NCc2ccccc2)cc1C(=O)N1CCN(CCN2CCCC2)CC1. The normalized spacial score (nSPS) is 18.0. The molecule has 33 heavy (non-hydrogen) atoms. The van der Waals surface area contributed by atoms with Crippen LogP contribution >= 0.6 is 0 Å². The zero-order chi connectivity index (χ0) is 23.3. The smallest absolute Gasteiger partial charge is 0.254 e. The Morgan fingerprint density at radius 1 is 0.879 bits per heavy atom. The Morgan fingerprint density at radius 2 is 1.52 bits per heavy atom. The van der Waals surface area contributed by atoms with Crippen LogP contribution in [0, 0.1) is 6.92 Å². The van der Waals surface area contributed by atoms with Gasteiger partial charge in [-0.25, -0.2) is 13.1 Å². The average Bonchev–Trinajstić information content (AvgIpc) is 3.36. The number of rotatable bonds is 8. The summed E-state index contributed by atoms with van der Waals surface area (Å²) in [5.41, 5.74) is 2.13. The zero-order valence-corrected chi connectivity index (χ0v) is 20.2. The fourth-order valence-electron chi connectivity index (χ4n) is 4.49. The minimum absolute atomic E-state index is 0.0909. The molecule has 2 aliphatic heterocycles. The lowest BCUT2D eigenvalue weighted by atomic mass is 10.1. The molecular formula is C25H34N4O3S. The third-order valence-corrected chi connectivity index (χ3v) is 8.05. The van der Waals surface area contributed by atoms with Crippen LogP contribution in [0.3, 0.4) is 0 Å². The number of amides is 1. The van der Waals surface area contributed by atoms with E-state index in [0.717, 1.165) is 37.3 Å². The highest BCUT2D eigenvalue weighted by molar-refractivity contribution is 7.89. The molecule has 2 fully saturated rings. The maximum Gasteiger partial charge on any atom is 0.254 e. The number of aryl methyl sites for hydroxylation is 1. The van der Waals surface area contributed by atoms with Crippen molar-refractivity contribution in [3.63, 3.8) is 0 Å². The Bertz CT molecular complexity index is 1040. The lowest BCUT2D eigenvalue weighted by molar-refractivity contribution is 0.0625. The minimum atomic E-state index is -3.72. The number of sulfonamides is 1.